The lowest BCUT2D eigenvalue weighted by Gasteiger charge is -2.24. The Morgan fingerprint density at radius 3 is 2.75 bits per heavy atom. The lowest BCUT2D eigenvalue weighted by atomic mass is 9.97. The molecule has 0 unspecified atom stereocenters. The number of amides is 1. The van der Waals surface area contributed by atoms with E-state index < -0.39 is 11.8 Å². The van der Waals surface area contributed by atoms with Gasteiger partial charge in [0.1, 0.15) is 5.82 Å². The van der Waals surface area contributed by atoms with Gasteiger partial charge < -0.3 is 5.73 Å². The van der Waals surface area contributed by atoms with E-state index in [1.54, 1.807) is 0 Å². The Morgan fingerprint density at radius 2 is 2.05 bits per heavy atom. The number of halogens is 2. The fraction of sp³-hybridized carbons (Fsp3) is 0.308. The fourth-order valence-electron chi connectivity index (χ4n) is 2.57. The van der Waals surface area contributed by atoms with E-state index in [9.17, 15) is 9.59 Å². The first-order valence-corrected chi connectivity index (χ1v) is 6.93. The number of nitrogens with two attached hydrogens (primary N) is 1. The molecular weight excluding hydrogens is 301 g/mol. The monoisotopic (exact) mass is 311 g/mol. The minimum absolute atomic E-state index is 0.213. The summed E-state index contributed by atoms with van der Waals surface area (Å²) in [5, 5.41) is 1.02. The van der Waals surface area contributed by atoms with Gasteiger partial charge in [-0.15, -0.1) is 0 Å². The van der Waals surface area contributed by atoms with Crippen molar-refractivity contribution in [2.45, 2.75) is 25.3 Å². The quantitative estimate of drug-likeness (QED) is 0.875. The Morgan fingerprint density at radius 1 is 1.35 bits per heavy atom. The van der Waals surface area contributed by atoms with Crippen LogP contribution in [0.4, 0.5) is 0 Å². The summed E-state index contributed by atoms with van der Waals surface area (Å²) in [5.74, 6) is -0.584. The van der Waals surface area contributed by atoms with Gasteiger partial charge in [0, 0.05) is 6.54 Å². The second-order valence-corrected chi connectivity index (χ2v) is 5.62. The van der Waals surface area contributed by atoms with Crippen molar-refractivity contribution in [2.75, 3.05) is 0 Å². The maximum atomic E-state index is 12.5. The second-order valence-electron chi connectivity index (χ2n) is 4.81. The van der Waals surface area contributed by atoms with Crippen LogP contribution >= 0.6 is 23.2 Å². The molecule has 2 heterocycles. The topological polar surface area (TPSA) is 78.0 Å². The third kappa shape index (κ3) is 1.98. The molecule has 0 fully saturated rings. The molecule has 1 aliphatic rings. The van der Waals surface area contributed by atoms with Crippen molar-refractivity contribution >= 4 is 40.0 Å². The second kappa shape index (κ2) is 4.75. The van der Waals surface area contributed by atoms with Crippen molar-refractivity contribution in [3.63, 3.8) is 0 Å². The van der Waals surface area contributed by atoms with E-state index in [2.05, 4.69) is 4.98 Å². The lowest BCUT2D eigenvalue weighted by Crippen LogP contribution is -2.35. The molecule has 0 bridgehead atoms. The average Bonchev–Trinajstić information content (AvgIpc) is 2.41. The van der Waals surface area contributed by atoms with E-state index in [0.29, 0.717) is 39.7 Å². The van der Waals surface area contributed by atoms with Crippen LogP contribution in [-0.2, 0) is 11.3 Å². The zero-order chi connectivity index (χ0) is 14.4. The Kier molecular flexibility index (Phi) is 3.18. The molecule has 5 nitrogen and oxygen atoms in total. The summed E-state index contributed by atoms with van der Waals surface area (Å²) in [4.78, 5) is 28.4. The number of primary amides is 1. The van der Waals surface area contributed by atoms with Crippen molar-refractivity contribution < 1.29 is 4.79 Å². The maximum absolute atomic E-state index is 12.5. The van der Waals surface area contributed by atoms with Crippen molar-refractivity contribution in [3.8, 4) is 0 Å². The van der Waals surface area contributed by atoms with Crippen molar-refractivity contribution in [3.05, 3.63) is 38.4 Å². The van der Waals surface area contributed by atoms with Gasteiger partial charge in [0.2, 0.25) is 5.91 Å². The van der Waals surface area contributed by atoms with Crippen LogP contribution in [0, 0.1) is 0 Å². The average molecular weight is 312 g/mol. The minimum atomic E-state index is -0.532. The van der Waals surface area contributed by atoms with Crippen LogP contribution in [0.25, 0.3) is 10.9 Å². The van der Waals surface area contributed by atoms with E-state index >= 15 is 0 Å². The Labute approximate surface area is 124 Å². The highest BCUT2D eigenvalue weighted by Crippen LogP contribution is 2.29. The summed E-state index contributed by atoms with van der Waals surface area (Å²) in [6.45, 7) is 0.529. The molecule has 20 heavy (non-hydrogen) atoms. The largest absolute Gasteiger partial charge is 0.369 e. The highest BCUT2D eigenvalue weighted by Gasteiger charge is 2.28. The molecule has 3 rings (SSSR count). The first-order chi connectivity index (χ1) is 9.49. The molecule has 0 spiro atoms. The normalized spacial score (nSPS) is 18.0. The SMILES string of the molecule is NC(=O)[C@H]1CCCn2c1nc1cc(Cl)c(Cl)cc1c2=O. The van der Waals surface area contributed by atoms with E-state index in [4.69, 9.17) is 28.9 Å². The summed E-state index contributed by atoms with van der Waals surface area (Å²) in [6, 6.07) is 3.05. The Balaban J connectivity index is 2.36. The summed E-state index contributed by atoms with van der Waals surface area (Å²) >= 11 is 11.9. The number of aromatic nitrogens is 2. The molecule has 1 aromatic heterocycles. The van der Waals surface area contributed by atoms with Crippen LogP contribution in [0.15, 0.2) is 16.9 Å². The van der Waals surface area contributed by atoms with E-state index in [1.807, 2.05) is 0 Å². The predicted octanol–water partition coefficient (Wildman–Crippen LogP) is 2.07. The smallest absolute Gasteiger partial charge is 0.261 e. The number of rotatable bonds is 1. The Hall–Kier alpha value is -1.59. The van der Waals surface area contributed by atoms with Gasteiger partial charge in [0.25, 0.3) is 5.56 Å². The van der Waals surface area contributed by atoms with E-state index in [-0.39, 0.29) is 5.56 Å². The fourth-order valence-corrected chi connectivity index (χ4v) is 2.89. The molecule has 0 aliphatic carbocycles. The van der Waals surface area contributed by atoms with Gasteiger partial charge in [-0.2, -0.15) is 0 Å². The zero-order valence-electron chi connectivity index (χ0n) is 10.4. The van der Waals surface area contributed by atoms with Crippen LogP contribution in [0.3, 0.4) is 0 Å². The first-order valence-electron chi connectivity index (χ1n) is 6.18. The van der Waals surface area contributed by atoms with Gasteiger partial charge in [-0.05, 0) is 25.0 Å². The highest BCUT2D eigenvalue weighted by atomic mass is 35.5. The third-order valence-corrected chi connectivity index (χ3v) is 4.28. The van der Waals surface area contributed by atoms with Gasteiger partial charge in [-0.25, -0.2) is 4.98 Å². The van der Waals surface area contributed by atoms with E-state index in [0.717, 1.165) is 6.42 Å². The van der Waals surface area contributed by atoms with Gasteiger partial charge >= 0.3 is 0 Å². The number of hydrogen-bond acceptors (Lipinski definition) is 3. The van der Waals surface area contributed by atoms with Crippen molar-refractivity contribution in [2.24, 2.45) is 5.73 Å². The molecule has 1 atom stereocenters. The minimum Gasteiger partial charge on any atom is -0.369 e. The van der Waals surface area contributed by atoms with Crippen LogP contribution in [-0.4, -0.2) is 15.5 Å². The number of hydrogen-bond donors (Lipinski definition) is 1. The third-order valence-electron chi connectivity index (χ3n) is 3.56. The summed E-state index contributed by atoms with van der Waals surface area (Å²) in [6.07, 6.45) is 1.32. The number of benzene rings is 1. The summed E-state index contributed by atoms with van der Waals surface area (Å²) in [7, 11) is 0. The molecule has 1 aliphatic heterocycles. The standard InChI is InChI=1S/C13H11Cl2N3O2/c14-8-4-7-10(5-9(8)15)17-12-6(11(16)19)2-1-3-18(12)13(7)20/h4-6H,1-3H2,(H2,16,19)/t6-/m1/s1. The van der Waals surface area contributed by atoms with Crippen LogP contribution in [0.5, 0.6) is 0 Å². The number of carbonyl (C=O) groups excluding carboxylic acids is 1. The summed E-state index contributed by atoms with van der Waals surface area (Å²) < 4.78 is 1.51. The van der Waals surface area contributed by atoms with Crippen LogP contribution in [0.2, 0.25) is 10.0 Å². The number of carbonyl (C=O) groups is 1. The number of nitrogens with zero attached hydrogens (tertiary/aromatic N) is 2. The predicted molar refractivity (Wildman–Crippen MR) is 77.2 cm³/mol. The first kappa shape index (κ1) is 13.4. The highest BCUT2D eigenvalue weighted by molar-refractivity contribution is 6.42. The number of fused-ring (bicyclic) bond motifs is 2. The molecule has 104 valence electrons. The van der Waals surface area contributed by atoms with Gasteiger partial charge in [-0.3, -0.25) is 14.2 Å². The van der Waals surface area contributed by atoms with Crippen molar-refractivity contribution in [1.82, 2.24) is 9.55 Å². The van der Waals surface area contributed by atoms with Crippen LogP contribution in [0.1, 0.15) is 24.6 Å². The molecule has 0 saturated heterocycles. The zero-order valence-corrected chi connectivity index (χ0v) is 11.9. The van der Waals surface area contributed by atoms with Gasteiger partial charge in [0.05, 0.1) is 26.9 Å². The molecule has 0 radical (unpaired) electrons. The van der Waals surface area contributed by atoms with Gasteiger partial charge in [-0.1, -0.05) is 23.2 Å². The molecule has 7 heteroatoms. The molecule has 0 saturated carbocycles. The summed E-state index contributed by atoms with van der Waals surface area (Å²) in [5.41, 5.74) is 5.61. The Bertz CT molecular complexity index is 785. The molecule has 1 amide bonds. The molecular formula is C13H11Cl2N3O2. The molecule has 2 N–H and O–H groups in total. The molecule has 2 aromatic rings. The van der Waals surface area contributed by atoms with Crippen molar-refractivity contribution in [1.29, 1.82) is 0 Å². The maximum Gasteiger partial charge on any atom is 0.261 e. The lowest BCUT2D eigenvalue weighted by molar-refractivity contribution is -0.120. The van der Waals surface area contributed by atoms with E-state index in [1.165, 1.54) is 16.7 Å². The van der Waals surface area contributed by atoms with Gasteiger partial charge in [0.15, 0.2) is 0 Å². The van der Waals surface area contributed by atoms with Crippen LogP contribution < -0.4 is 11.3 Å². The molecule has 1 aromatic carbocycles.